The number of hydrogen-bond donors (Lipinski definition) is 0. The number of benzene rings is 1. The van der Waals surface area contributed by atoms with Crippen molar-refractivity contribution in [2.45, 2.75) is 19.8 Å². The molecule has 0 aromatic heterocycles. The molecule has 6 heteroatoms. The molecule has 4 nitrogen and oxygen atoms in total. The minimum Gasteiger partial charge on any atom is -0.465 e. The highest BCUT2D eigenvalue weighted by Gasteiger charge is 2.45. The summed E-state index contributed by atoms with van der Waals surface area (Å²) in [5.74, 6) is -6.51. The van der Waals surface area contributed by atoms with Gasteiger partial charge in [0, 0.05) is 5.56 Å². The first-order valence-corrected chi connectivity index (χ1v) is 5.59. The van der Waals surface area contributed by atoms with Gasteiger partial charge in [-0.05, 0) is 19.4 Å². The Morgan fingerprint density at radius 1 is 1.32 bits per heavy atom. The van der Waals surface area contributed by atoms with Crippen LogP contribution in [0.1, 0.15) is 28.4 Å². The van der Waals surface area contributed by atoms with Gasteiger partial charge in [0.2, 0.25) is 0 Å². The molecule has 0 aliphatic rings. The molecule has 0 bridgehead atoms. The van der Waals surface area contributed by atoms with E-state index >= 15 is 0 Å². The number of aryl methyl sites for hydroxylation is 1. The average molecular weight is 272 g/mol. The minimum atomic E-state index is -3.90. The molecule has 0 aliphatic carbocycles. The first-order valence-electron chi connectivity index (χ1n) is 5.59. The van der Waals surface area contributed by atoms with Crippen LogP contribution in [0.5, 0.6) is 0 Å². The van der Waals surface area contributed by atoms with Crippen molar-refractivity contribution in [1.29, 1.82) is 0 Å². The molecule has 19 heavy (non-hydrogen) atoms. The zero-order chi connectivity index (χ0) is 14.6. The van der Waals surface area contributed by atoms with E-state index in [0.717, 1.165) is 13.2 Å². The maximum atomic E-state index is 14.0. The summed E-state index contributed by atoms with van der Waals surface area (Å²) in [6.07, 6.45) is 0. The largest absolute Gasteiger partial charge is 0.465 e. The monoisotopic (exact) mass is 272 g/mol. The molecule has 0 radical (unpaired) electrons. The Hall–Kier alpha value is -1.98. The Morgan fingerprint density at radius 3 is 2.47 bits per heavy atom. The molecule has 0 aliphatic heterocycles. The van der Waals surface area contributed by atoms with Crippen molar-refractivity contribution in [2.24, 2.45) is 0 Å². The van der Waals surface area contributed by atoms with E-state index in [1.54, 1.807) is 0 Å². The summed E-state index contributed by atoms with van der Waals surface area (Å²) in [6, 6.07) is 3.83. The lowest BCUT2D eigenvalue weighted by molar-refractivity contribution is -0.173. The summed E-state index contributed by atoms with van der Waals surface area (Å²) in [7, 11) is 1.08. The molecule has 0 heterocycles. The van der Waals surface area contributed by atoms with Crippen molar-refractivity contribution in [3.63, 3.8) is 0 Å². The Kier molecular flexibility index (Phi) is 4.58. The fourth-order valence-electron chi connectivity index (χ4n) is 1.63. The summed E-state index contributed by atoms with van der Waals surface area (Å²) < 4.78 is 36.8. The summed E-state index contributed by atoms with van der Waals surface area (Å²) in [6.45, 7) is 2.73. The first kappa shape index (κ1) is 15.1. The Bertz CT molecular complexity index is 497. The summed E-state index contributed by atoms with van der Waals surface area (Å²) in [4.78, 5) is 22.9. The lowest BCUT2D eigenvalue weighted by Crippen LogP contribution is -2.30. The number of esters is 2. The van der Waals surface area contributed by atoms with Crippen LogP contribution in [0, 0.1) is 6.92 Å². The SMILES string of the molecule is CCOC(=O)C(F)(F)c1cccc(C)c1C(=O)OC. The third-order valence-electron chi connectivity index (χ3n) is 2.53. The Morgan fingerprint density at radius 2 is 1.95 bits per heavy atom. The van der Waals surface area contributed by atoms with E-state index in [-0.39, 0.29) is 12.2 Å². The second-order valence-corrected chi connectivity index (χ2v) is 3.78. The van der Waals surface area contributed by atoms with E-state index in [0.29, 0.717) is 5.56 Å². The number of alkyl halides is 2. The van der Waals surface area contributed by atoms with E-state index in [2.05, 4.69) is 9.47 Å². The average Bonchev–Trinajstić information content (AvgIpc) is 2.37. The number of carbonyl (C=O) groups excluding carboxylic acids is 2. The molecule has 0 fully saturated rings. The number of methoxy groups -OCH3 is 1. The van der Waals surface area contributed by atoms with Crippen LogP contribution in [0.25, 0.3) is 0 Å². The molecular weight excluding hydrogens is 258 g/mol. The summed E-state index contributed by atoms with van der Waals surface area (Å²) >= 11 is 0. The zero-order valence-electron chi connectivity index (χ0n) is 10.8. The fraction of sp³-hybridized carbons (Fsp3) is 0.385. The standard InChI is InChI=1S/C13H14F2O4/c1-4-19-12(17)13(14,15)9-7-5-6-8(2)10(9)11(16)18-3/h5-7H,4H2,1-3H3. The van der Waals surface area contributed by atoms with Crippen molar-refractivity contribution < 1.29 is 27.8 Å². The molecule has 0 saturated carbocycles. The lowest BCUT2D eigenvalue weighted by Gasteiger charge is -2.18. The second kappa shape index (κ2) is 5.77. The third kappa shape index (κ3) is 2.89. The molecule has 0 amide bonds. The zero-order valence-corrected chi connectivity index (χ0v) is 10.8. The van der Waals surface area contributed by atoms with Crippen molar-refractivity contribution in [2.75, 3.05) is 13.7 Å². The topological polar surface area (TPSA) is 52.6 Å². The third-order valence-corrected chi connectivity index (χ3v) is 2.53. The van der Waals surface area contributed by atoms with Gasteiger partial charge in [0.15, 0.2) is 0 Å². The lowest BCUT2D eigenvalue weighted by atomic mass is 9.97. The van der Waals surface area contributed by atoms with E-state index < -0.39 is 23.4 Å². The van der Waals surface area contributed by atoms with E-state index in [1.807, 2.05) is 0 Å². The highest BCUT2D eigenvalue weighted by Crippen LogP contribution is 2.33. The molecule has 1 rings (SSSR count). The summed E-state index contributed by atoms with van der Waals surface area (Å²) in [5.41, 5.74) is -0.728. The molecule has 0 atom stereocenters. The summed E-state index contributed by atoms with van der Waals surface area (Å²) in [5, 5.41) is 0. The predicted octanol–water partition coefficient (Wildman–Crippen LogP) is 2.44. The molecule has 104 valence electrons. The van der Waals surface area contributed by atoms with Crippen LogP contribution in [0.15, 0.2) is 18.2 Å². The van der Waals surface area contributed by atoms with Crippen LogP contribution in [0.3, 0.4) is 0 Å². The van der Waals surface area contributed by atoms with Crippen LogP contribution in [-0.2, 0) is 20.2 Å². The molecule has 0 saturated heterocycles. The Labute approximate surface area is 109 Å². The fourth-order valence-corrected chi connectivity index (χ4v) is 1.63. The minimum absolute atomic E-state index is 0.173. The van der Waals surface area contributed by atoms with E-state index in [4.69, 9.17) is 0 Å². The Balaban J connectivity index is 3.38. The van der Waals surface area contributed by atoms with Crippen molar-refractivity contribution >= 4 is 11.9 Å². The van der Waals surface area contributed by atoms with Gasteiger partial charge in [-0.1, -0.05) is 18.2 Å². The van der Waals surface area contributed by atoms with Gasteiger partial charge < -0.3 is 9.47 Å². The molecular formula is C13H14F2O4. The maximum absolute atomic E-state index is 14.0. The van der Waals surface area contributed by atoms with Crippen LogP contribution in [-0.4, -0.2) is 25.7 Å². The van der Waals surface area contributed by atoms with Crippen molar-refractivity contribution in [1.82, 2.24) is 0 Å². The van der Waals surface area contributed by atoms with Crippen LogP contribution >= 0.6 is 0 Å². The molecule has 0 spiro atoms. The van der Waals surface area contributed by atoms with Crippen LogP contribution in [0.2, 0.25) is 0 Å². The molecule has 0 N–H and O–H groups in total. The van der Waals surface area contributed by atoms with Gasteiger partial charge in [0.25, 0.3) is 0 Å². The van der Waals surface area contributed by atoms with Crippen molar-refractivity contribution in [3.8, 4) is 0 Å². The first-order chi connectivity index (χ1) is 8.86. The number of carbonyl (C=O) groups is 2. The number of ether oxygens (including phenoxy) is 2. The predicted molar refractivity (Wildman–Crippen MR) is 63.0 cm³/mol. The van der Waals surface area contributed by atoms with E-state index in [9.17, 15) is 18.4 Å². The highest BCUT2D eigenvalue weighted by atomic mass is 19.3. The van der Waals surface area contributed by atoms with Crippen LogP contribution < -0.4 is 0 Å². The number of halogens is 2. The molecule has 1 aromatic rings. The van der Waals surface area contributed by atoms with E-state index in [1.165, 1.54) is 26.0 Å². The number of rotatable bonds is 4. The molecule has 0 unspecified atom stereocenters. The van der Waals surface area contributed by atoms with Crippen LogP contribution in [0.4, 0.5) is 8.78 Å². The van der Waals surface area contributed by atoms with Gasteiger partial charge in [-0.2, -0.15) is 8.78 Å². The van der Waals surface area contributed by atoms with Gasteiger partial charge in [0.05, 0.1) is 19.3 Å². The maximum Gasteiger partial charge on any atom is 0.382 e. The highest BCUT2D eigenvalue weighted by molar-refractivity contribution is 5.95. The quantitative estimate of drug-likeness (QED) is 0.790. The smallest absolute Gasteiger partial charge is 0.382 e. The van der Waals surface area contributed by atoms with Gasteiger partial charge in [0.1, 0.15) is 0 Å². The van der Waals surface area contributed by atoms with Gasteiger partial charge in [-0.25, -0.2) is 9.59 Å². The van der Waals surface area contributed by atoms with Gasteiger partial charge in [-0.3, -0.25) is 0 Å². The normalized spacial score (nSPS) is 11.0. The number of hydrogen-bond acceptors (Lipinski definition) is 4. The van der Waals surface area contributed by atoms with Gasteiger partial charge >= 0.3 is 17.9 Å². The van der Waals surface area contributed by atoms with Crippen molar-refractivity contribution in [3.05, 3.63) is 34.9 Å². The second-order valence-electron chi connectivity index (χ2n) is 3.78. The molecule has 1 aromatic carbocycles. The van der Waals surface area contributed by atoms with Gasteiger partial charge in [-0.15, -0.1) is 0 Å².